The van der Waals surface area contributed by atoms with Crippen LogP contribution in [0.15, 0.2) is 48.7 Å². The predicted molar refractivity (Wildman–Crippen MR) is 128 cm³/mol. The monoisotopic (exact) mass is 435 g/mol. The van der Waals surface area contributed by atoms with Crippen LogP contribution in [0.4, 0.5) is 0 Å². The van der Waals surface area contributed by atoms with Gasteiger partial charge in [0.05, 0.1) is 31.9 Å². The molecule has 0 aliphatic carbocycles. The Morgan fingerprint density at radius 2 is 1.88 bits per heavy atom. The van der Waals surface area contributed by atoms with Gasteiger partial charge in [-0.15, -0.1) is 5.48 Å². The van der Waals surface area contributed by atoms with E-state index in [-0.39, 0.29) is 18.1 Å². The summed E-state index contributed by atoms with van der Waals surface area (Å²) in [5.41, 5.74) is 5.82. The SMILES string of the molecule is CN1CCN(C2NC(c3ccnc(C=Cc4ccccc4)c3)CC2C(NO)=[N+](C)C)CC1. The van der Waals surface area contributed by atoms with Gasteiger partial charge in [-0.3, -0.25) is 19.8 Å². The second-order valence-electron chi connectivity index (χ2n) is 9.00. The molecule has 170 valence electrons. The Labute approximate surface area is 191 Å². The summed E-state index contributed by atoms with van der Waals surface area (Å²) in [6.07, 6.45) is 7.13. The third-order valence-corrected chi connectivity index (χ3v) is 6.58. The van der Waals surface area contributed by atoms with Crippen LogP contribution in [0.3, 0.4) is 0 Å². The summed E-state index contributed by atoms with van der Waals surface area (Å²) in [5, 5.41) is 13.8. The summed E-state index contributed by atoms with van der Waals surface area (Å²) in [7, 11) is 6.13. The lowest BCUT2D eigenvalue weighted by molar-refractivity contribution is -0.471. The van der Waals surface area contributed by atoms with Crippen LogP contribution < -0.4 is 10.8 Å². The first-order chi connectivity index (χ1) is 15.5. The van der Waals surface area contributed by atoms with E-state index in [4.69, 9.17) is 0 Å². The highest BCUT2D eigenvalue weighted by Gasteiger charge is 2.44. The molecule has 2 aromatic rings. The van der Waals surface area contributed by atoms with E-state index in [2.05, 4.69) is 69.0 Å². The van der Waals surface area contributed by atoms with E-state index < -0.39 is 0 Å². The Balaban J connectivity index is 1.56. The maximum atomic E-state index is 9.89. The molecule has 4 rings (SSSR count). The van der Waals surface area contributed by atoms with Crippen molar-refractivity contribution in [1.29, 1.82) is 0 Å². The number of aromatic nitrogens is 1. The van der Waals surface area contributed by atoms with E-state index >= 15 is 0 Å². The van der Waals surface area contributed by atoms with E-state index in [1.54, 1.807) is 0 Å². The fourth-order valence-electron chi connectivity index (χ4n) is 4.76. The van der Waals surface area contributed by atoms with Crippen LogP contribution in [-0.4, -0.2) is 83.9 Å². The molecule has 7 heteroatoms. The molecule has 1 aromatic heterocycles. The number of hydrogen-bond donors (Lipinski definition) is 3. The molecule has 1 aromatic carbocycles. The maximum Gasteiger partial charge on any atom is 0.280 e. The van der Waals surface area contributed by atoms with Crippen LogP contribution in [0.25, 0.3) is 12.2 Å². The van der Waals surface area contributed by atoms with E-state index in [1.165, 1.54) is 5.56 Å². The first kappa shape index (κ1) is 22.6. The van der Waals surface area contributed by atoms with Gasteiger partial charge in [-0.25, -0.2) is 5.21 Å². The van der Waals surface area contributed by atoms with Crippen LogP contribution in [0.1, 0.15) is 29.3 Å². The Morgan fingerprint density at radius 1 is 1.12 bits per heavy atom. The number of nitrogens with zero attached hydrogens (tertiary/aromatic N) is 4. The van der Waals surface area contributed by atoms with E-state index in [0.717, 1.165) is 49.7 Å². The van der Waals surface area contributed by atoms with Gasteiger partial charge in [0.2, 0.25) is 0 Å². The Kier molecular flexibility index (Phi) is 7.32. The number of hydroxylamine groups is 1. The van der Waals surface area contributed by atoms with Crippen molar-refractivity contribution >= 4 is 18.0 Å². The maximum absolute atomic E-state index is 9.89. The van der Waals surface area contributed by atoms with E-state index in [0.29, 0.717) is 0 Å². The first-order valence-electron chi connectivity index (χ1n) is 11.4. The molecule has 2 aliphatic rings. The van der Waals surface area contributed by atoms with E-state index in [1.807, 2.05) is 43.1 Å². The molecule has 3 unspecified atom stereocenters. The fourth-order valence-corrected chi connectivity index (χ4v) is 4.76. The second kappa shape index (κ2) is 10.4. The molecule has 7 nitrogen and oxygen atoms in total. The summed E-state index contributed by atoms with van der Waals surface area (Å²) in [4.78, 5) is 9.43. The molecule has 2 fully saturated rings. The molecular weight excluding hydrogens is 400 g/mol. The van der Waals surface area contributed by atoms with Crippen molar-refractivity contribution in [3.05, 3.63) is 65.5 Å². The third kappa shape index (κ3) is 5.24. The number of nitrogens with one attached hydrogen (secondary N) is 2. The van der Waals surface area contributed by atoms with Crippen LogP contribution in [-0.2, 0) is 0 Å². The molecule has 0 bridgehead atoms. The second-order valence-corrected chi connectivity index (χ2v) is 9.00. The highest BCUT2D eigenvalue weighted by Crippen LogP contribution is 2.34. The molecule has 32 heavy (non-hydrogen) atoms. The number of pyridine rings is 1. The number of likely N-dealkylation sites (N-methyl/N-ethyl adjacent to an activating group) is 1. The predicted octanol–water partition coefficient (Wildman–Crippen LogP) is 2.13. The van der Waals surface area contributed by atoms with Gasteiger partial charge in [-0.1, -0.05) is 36.4 Å². The third-order valence-electron chi connectivity index (χ3n) is 6.58. The van der Waals surface area contributed by atoms with Crippen LogP contribution >= 0.6 is 0 Å². The van der Waals surface area contributed by atoms with Crippen LogP contribution in [0.5, 0.6) is 0 Å². The summed E-state index contributed by atoms with van der Waals surface area (Å²) in [6, 6.07) is 14.7. The molecule has 3 heterocycles. The normalized spacial score (nSPS) is 24.7. The van der Waals surface area contributed by atoms with Gasteiger partial charge < -0.3 is 4.90 Å². The zero-order valence-electron chi connectivity index (χ0n) is 19.3. The Hall–Kier alpha value is -2.58. The quantitative estimate of drug-likeness (QED) is 0.289. The van der Waals surface area contributed by atoms with Crippen molar-refractivity contribution in [2.24, 2.45) is 5.92 Å². The minimum atomic E-state index is 0.167. The number of rotatable bonds is 5. The van der Waals surface area contributed by atoms with Crippen molar-refractivity contribution in [2.75, 3.05) is 47.3 Å². The van der Waals surface area contributed by atoms with Gasteiger partial charge in [-0.05, 0) is 42.8 Å². The van der Waals surface area contributed by atoms with Gasteiger partial charge in [0, 0.05) is 38.4 Å². The van der Waals surface area contributed by atoms with Gasteiger partial charge in [0.25, 0.3) is 5.84 Å². The van der Waals surface area contributed by atoms with Crippen LogP contribution in [0.2, 0.25) is 0 Å². The van der Waals surface area contributed by atoms with Gasteiger partial charge in [0.15, 0.2) is 0 Å². The van der Waals surface area contributed by atoms with Crippen LogP contribution in [0, 0.1) is 5.92 Å². The lowest BCUT2D eigenvalue weighted by Crippen LogP contribution is -2.56. The molecule has 0 spiro atoms. The topological polar surface area (TPSA) is 66.7 Å². The van der Waals surface area contributed by atoms with Crippen molar-refractivity contribution in [3.8, 4) is 0 Å². The average molecular weight is 436 g/mol. The minimum absolute atomic E-state index is 0.167. The van der Waals surface area contributed by atoms with Gasteiger partial charge in [0.1, 0.15) is 0 Å². The van der Waals surface area contributed by atoms with Gasteiger partial charge >= 0.3 is 0 Å². The van der Waals surface area contributed by atoms with Gasteiger partial charge in [-0.2, -0.15) is 0 Å². The smallest absolute Gasteiger partial charge is 0.280 e. The molecule has 3 atom stereocenters. The molecular formula is C25H35N6O+. The zero-order chi connectivity index (χ0) is 22.5. The molecule has 2 saturated heterocycles. The molecule has 3 N–H and O–H groups in total. The fraction of sp³-hybridized carbons (Fsp3) is 0.440. The highest BCUT2D eigenvalue weighted by atomic mass is 16.5. The van der Waals surface area contributed by atoms with Crippen molar-refractivity contribution in [2.45, 2.75) is 18.6 Å². The average Bonchev–Trinajstić information content (AvgIpc) is 3.24. The van der Waals surface area contributed by atoms with E-state index in [9.17, 15) is 5.21 Å². The lowest BCUT2D eigenvalue weighted by atomic mass is 9.97. The summed E-state index contributed by atoms with van der Waals surface area (Å²) >= 11 is 0. The lowest BCUT2D eigenvalue weighted by Gasteiger charge is -2.38. The standard InChI is InChI=1S/C25H34N6O/c1-29(2)25(28-32)22-18-23(27-24(22)31-15-13-30(3)14-16-31)20-11-12-26-21(17-20)10-9-19-7-5-4-6-8-19/h4-12,17,22-24,27,32H,13-16,18H2,1-3H3/p+1. The largest absolute Gasteiger partial charge is 0.304 e. The number of amidine groups is 1. The first-order valence-corrected chi connectivity index (χ1v) is 11.4. The zero-order valence-corrected chi connectivity index (χ0v) is 19.3. The van der Waals surface area contributed by atoms with Crippen molar-refractivity contribution < 1.29 is 9.78 Å². The minimum Gasteiger partial charge on any atom is -0.304 e. The summed E-state index contributed by atoms with van der Waals surface area (Å²) in [6.45, 7) is 4.15. The number of piperazine rings is 1. The molecule has 0 amide bonds. The van der Waals surface area contributed by atoms with Crippen molar-refractivity contribution in [3.63, 3.8) is 0 Å². The number of benzene rings is 1. The Morgan fingerprint density at radius 3 is 2.56 bits per heavy atom. The molecule has 0 radical (unpaired) electrons. The summed E-state index contributed by atoms with van der Waals surface area (Å²) < 4.78 is 1.98. The highest BCUT2D eigenvalue weighted by molar-refractivity contribution is 5.80. The molecule has 0 saturated carbocycles. The number of hydrogen-bond acceptors (Lipinski definition) is 5. The van der Waals surface area contributed by atoms with Crippen molar-refractivity contribution in [1.82, 2.24) is 25.6 Å². The summed E-state index contributed by atoms with van der Waals surface area (Å²) in [5.74, 6) is 1.02. The molecule has 2 aliphatic heterocycles. The Bertz CT molecular complexity index is 948.